The van der Waals surface area contributed by atoms with E-state index in [4.69, 9.17) is 9.84 Å². The second-order valence-electron chi connectivity index (χ2n) is 2.58. The number of hydrogen-bond donors (Lipinski definition) is 1. The van der Waals surface area contributed by atoms with Crippen LogP contribution < -0.4 is 0 Å². The third-order valence-corrected chi connectivity index (χ3v) is 1.29. The Kier molecular flexibility index (Phi) is 3.69. The Morgan fingerprint density at radius 1 is 1.67 bits per heavy atom. The van der Waals surface area contributed by atoms with Crippen LogP contribution in [0.5, 0.6) is 0 Å². The van der Waals surface area contributed by atoms with E-state index in [0.717, 1.165) is 0 Å². The molecule has 0 spiro atoms. The highest BCUT2D eigenvalue weighted by Crippen LogP contribution is 1.85. The molecule has 1 unspecified atom stereocenters. The largest absolute Gasteiger partial charge is 0.391 e. The Morgan fingerprint density at radius 2 is 2.50 bits per heavy atom. The third kappa shape index (κ3) is 3.45. The second-order valence-corrected chi connectivity index (χ2v) is 2.58. The number of aliphatic hydroxyl groups is 1. The van der Waals surface area contributed by atoms with Crippen molar-refractivity contribution in [1.82, 2.24) is 14.8 Å². The average molecular weight is 171 g/mol. The Balaban J connectivity index is 2.04. The summed E-state index contributed by atoms with van der Waals surface area (Å²) < 4.78 is 6.81. The Labute approximate surface area is 71.0 Å². The molecule has 0 saturated carbocycles. The lowest BCUT2D eigenvalue weighted by Crippen LogP contribution is -2.14. The van der Waals surface area contributed by atoms with Gasteiger partial charge in [-0.05, 0) is 6.92 Å². The molecule has 0 radical (unpaired) electrons. The van der Waals surface area contributed by atoms with Crippen molar-refractivity contribution >= 4 is 0 Å². The molecule has 0 aliphatic rings. The van der Waals surface area contributed by atoms with Gasteiger partial charge < -0.3 is 9.84 Å². The summed E-state index contributed by atoms with van der Waals surface area (Å²) in [5.74, 6) is 0. The molecule has 0 fully saturated rings. The lowest BCUT2D eigenvalue weighted by Gasteiger charge is -2.05. The summed E-state index contributed by atoms with van der Waals surface area (Å²) in [4.78, 5) is 3.78. The van der Waals surface area contributed by atoms with Gasteiger partial charge in [-0.15, -0.1) is 0 Å². The van der Waals surface area contributed by atoms with Gasteiger partial charge in [0.2, 0.25) is 0 Å². The van der Waals surface area contributed by atoms with Crippen LogP contribution in [0.4, 0.5) is 0 Å². The van der Waals surface area contributed by atoms with Gasteiger partial charge in [-0.2, -0.15) is 5.10 Å². The van der Waals surface area contributed by atoms with Crippen molar-refractivity contribution in [2.45, 2.75) is 19.6 Å². The van der Waals surface area contributed by atoms with Crippen LogP contribution in [0.1, 0.15) is 6.92 Å². The molecular formula is C7H13N3O2. The highest BCUT2D eigenvalue weighted by molar-refractivity contribution is 4.55. The first kappa shape index (κ1) is 9.15. The van der Waals surface area contributed by atoms with Crippen LogP contribution in [-0.4, -0.2) is 39.2 Å². The molecule has 0 aromatic carbocycles. The molecule has 12 heavy (non-hydrogen) atoms. The molecule has 1 aromatic rings. The monoisotopic (exact) mass is 171 g/mol. The normalized spacial score (nSPS) is 13.2. The minimum Gasteiger partial charge on any atom is -0.391 e. The SMILES string of the molecule is CC(O)COCCn1cncn1. The van der Waals surface area contributed by atoms with E-state index in [9.17, 15) is 0 Å². The number of hydrogen-bond acceptors (Lipinski definition) is 4. The standard InChI is InChI=1S/C7H13N3O2/c1-7(11)4-12-3-2-10-6-8-5-9-10/h5-7,11H,2-4H2,1H3. The summed E-state index contributed by atoms with van der Waals surface area (Å²) in [6.07, 6.45) is 2.71. The first-order chi connectivity index (χ1) is 5.79. The molecule has 5 nitrogen and oxygen atoms in total. The van der Waals surface area contributed by atoms with E-state index in [0.29, 0.717) is 19.8 Å². The van der Waals surface area contributed by atoms with Gasteiger partial charge in [-0.3, -0.25) is 4.68 Å². The third-order valence-electron chi connectivity index (χ3n) is 1.29. The van der Waals surface area contributed by atoms with Crippen molar-refractivity contribution < 1.29 is 9.84 Å². The number of aliphatic hydroxyl groups excluding tert-OH is 1. The van der Waals surface area contributed by atoms with Crippen molar-refractivity contribution in [2.24, 2.45) is 0 Å². The highest BCUT2D eigenvalue weighted by Gasteiger charge is 1.95. The van der Waals surface area contributed by atoms with Gasteiger partial charge in [0.05, 0.1) is 25.9 Å². The molecule has 5 heteroatoms. The zero-order valence-electron chi connectivity index (χ0n) is 7.05. The summed E-state index contributed by atoms with van der Waals surface area (Å²) in [6.45, 7) is 3.28. The summed E-state index contributed by atoms with van der Waals surface area (Å²) >= 11 is 0. The van der Waals surface area contributed by atoms with Crippen LogP contribution in [-0.2, 0) is 11.3 Å². The molecular weight excluding hydrogens is 158 g/mol. The van der Waals surface area contributed by atoms with Crippen LogP contribution >= 0.6 is 0 Å². The van der Waals surface area contributed by atoms with Gasteiger partial charge in [0, 0.05) is 0 Å². The van der Waals surface area contributed by atoms with Crippen molar-refractivity contribution in [3.63, 3.8) is 0 Å². The molecule has 0 aliphatic heterocycles. The van der Waals surface area contributed by atoms with E-state index >= 15 is 0 Å². The maximum Gasteiger partial charge on any atom is 0.137 e. The van der Waals surface area contributed by atoms with Crippen molar-refractivity contribution in [3.8, 4) is 0 Å². The van der Waals surface area contributed by atoms with Gasteiger partial charge in [0.15, 0.2) is 0 Å². The van der Waals surface area contributed by atoms with E-state index in [1.54, 1.807) is 17.9 Å². The molecule has 1 heterocycles. The minimum atomic E-state index is -0.402. The van der Waals surface area contributed by atoms with Gasteiger partial charge in [-0.1, -0.05) is 0 Å². The number of aromatic nitrogens is 3. The summed E-state index contributed by atoms with van der Waals surface area (Å²) in [7, 11) is 0. The summed E-state index contributed by atoms with van der Waals surface area (Å²) in [6, 6.07) is 0. The lowest BCUT2D eigenvalue weighted by atomic mass is 10.4. The summed E-state index contributed by atoms with van der Waals surface area (Å²) in [5, 5.41) is 12.7. The first-order valence-electron chi connectivity index (χ1n) is 3.87. The van der Waals surface area contributed by atoms with E-state index in [2.05, 4.69) is 10.1 Å². The molecule has 1 N–H and O–H groups in total. The minimum absolute atomic E-state index is 0.370. The summed E-state index contributed by atoms with van der Waals surface area (Å²) in [5.41, 5.74) is 0. The van der Waals surface area contributed by atoms with Crippen LogP contribution in [0.2, 0.25) is 0 Å². The van der Waals surface area contributed by atoms with Crippen molar-refractivity contribution in [2.75, 3.05) is 13.2 Å². The molecule has 0 amide bonds. The van der Waals surface area contributed by atoms with Gasteiger partial charge in [-0.25, -0.2) is 4.98 Å². The zero-order chi connectivity index (χ0) is 8.81. The first-order valence-corrected chi connectivity index (χ1v) is 3.87. The van der Waals surface area contributed by atoms with Crippen molar-refractivity contribution in [3.05, 3.63) is 12.7 Å². The van der Waals surface area contributed by atoms with E-state index in [-0.39, 0.29) is 0 Å². The fraction of sp³-hybridized carbons (Fsp3) is 0.714. The molecule has 0 saturated heterocycles. The Bertz CT molecular complexity index is 198. The lowest BCUT2D eigenvalue weighted by molar-refractivity contribution is 0.0417. The Hall–Kier alpha value is -0.940. The quantitative estimate of drug-likeness (QED) is 0.616. The van der Waals surface area contributed by atoms with Gasteiger partial charge >= 0.3 is 0 Å². The molecule has 1 aromatic heterocycles. The fourth-order valence-corrected chi connectivity index (χ4v) is 0.760. The molecule has 1 atom stereocenters. The molecule has 68 valence electrons. The molecule has 1 rings (SSSR count). The van der Waals surface area contributed by atoms with Gasteiger partial charge in [0.1, 0.15) is 12.7 Å². The van der Waals surface area contributed by atoms with Gasteiger partial charge in [0.25, 0.3) is 0 Å². The molecule has 0 bridgehead atoms. The van der Waals surface area contributed by atoms with Crippen LogP contribution in [0, 0.1) is 0 Å². The van der Waals surface area contributed by atoms with E-state index in [1.807, 2.05) is 0 Å². The van der Waals surface area contributed by atoms with Crippen LogP contribution in [0.25, 0.3) is 0 Å². The molecule has 0 aliphatic carbocycles. The number of rotatable bonds is 5. The van der Waals surface area contributed by atoms with Crippen LogP contribution in [0.15, 0.2) is 12.7 Å². The van der Waals surface area contributed by atoms with E-state index in [1.165, 1.54) is 6.33 Å². The van der Waals surface area contributed by atoms with Crippen molar-refractivity contribution in [1.29, 1.82) is 0 Å². The smallest absolute Gasteiger partial charge is 0.137 e. The topological polar surface area (TPSA) is 60.2 Å². The van der Waals surface area contributed by atoms with Crippen LogP contribution in [0.3, 0.4) is 0 Å². The maximum atomic E-state index is 8.85. The Morgan fingerprint density at radius 3 is 3.08 bits per heavy atom. The maximum absolute atomic E-state index is 8.85. The average Bonchev–Trinajstić information content (AvgIpc) is 2.49. The predicted molar refractivity (Wildman–Crippen MR) is 42.5 cm³/mol. The number of nitrogens with zero attached hydrogens (tertiary/aromatic N) is 3. The fourth-order valence-electron chi connectivity index (χ4n) is 0.760. The second kappa shape index (κ2) is 4.84. The highest BCUT2D eigenvalue weighted by atomic mass is 16.5. The number of ether oxygens (including phenoxy) is 1. The zero-order valence-corrected chi connectivity index (χ0v) is 7.05. The van der Waals surface area contributed by atoms with E-state index < -0.39 is 6.10 Å². The predicted octanol–water partition coefficient (Wildman–Crippen LogP) is -0.325.